The van der Waals surface area contributed by atoms with Gasteiger partial charge in [0, 0.05) is 18.8 Å². The van der Waals surface area contributed by atoms with Gasteiger partial charge in [-0.2, -0.15) is 0 Å². The summed E-state index contributed by atoms with van der Waals surface area (Å²) in [6, 6.07) is 0.442. The van der Waals surface area contributed by atoms with Crippen molar-refractivity contribution in [3.63, 3.8) is 0 Å². The molecule has 1 aromatic rings. The zero-order valence-corrected chi connectivity index (χ0v) is 12.4. The second-order valence-corrected chi connectivity index (χ2v) is 6.62. The highest BCUT2D eigenvalue weighted by Gasteiger charge is 2.08. The molecular formula is C11H23N5O2S. The van der Waals surface area contributed by atoms with Crippen molar-refractivity contribution in [1.82, 2.24) is 25.0 Å². The molecule has 0 saturated carbocycles. The van der Waals surface area contributed by atoms with Gasteiger partial charge in [-0.3, -0.25) is 4.68 Å². The van der Waals surface area contributed by atoms with Crippen molar-refractivity contribution in [2.45, 2.75) is 39.3 Å². The summed E-state index contributed by atoms with van der Waals surface area (Å²) < 4.78 is 27.5. The Balaban J connectivity index is 2.10. The first-order valence-corrected chi connectivity index (χ1v) is 8.19. The zero-order chi connectivity index (χ0) is 14.1. The van der Waals surface area contributed by atoms with Crippen molar-refractivity contribution >= 4 is 10.0 Å². The van der Waals surface area contributed by atoms with Crippen molar-refractivity contribution in [2.24, 2.45) is 0 Å². The molecular weight excluding hydrogens is 266 g/mol. The molecule has 1 heterocycles. The van der Waals surface area contributed by atoms with Gasteiger partial charge in [0.2, 0.25) is 10.0 Å². The number of nitrogens with zero attached hydrogens (tertiary/aromatic N) is 3. The van der Waals surface area contributed by atoms with E-state index in [0.717, 1.165) is 13.0 Å². The standard InChI is InChI=1S/C11H23N5O2S/c1-11(2)12-5-3-4-10-19(17,18)14-7-9-16-8-6-13-15-16/h6,8,11-12,14H,3-5,7,9-10H2,1-2H3. The summed E-state index contributed by atoms with van der Waals surface area (Å²) in [5.74, 6) is 0.171. The van der Waals surface area contributed by atoms with Crippen LogP contribution in [0.4, 0.5) is 0 Å². The van der Waals surface area contributed by atoms with Crippen LogP contribution in [-0.2, 0) is 16.6 Å². The Labute approximate surface area is 114 Å². The summed E-state index contributed by atoms with van der Waals surface area (Å²) in [4.78, 5) is 0. The molecule has 0 aliphatic rings. The van der Waals surface area contributed by atoms with E-state index < -0.39 is 10.0 Å². The van der Waals surface area contributed by atoms with E-state index in [1.165, 1.54) is 0 Å². The van der Waals surface area contributed by atoms with E-state index in [1.807, 2.05) is 0 Å². The monoisotopic (exact) mass is 289 g/mol. The molecule has 0 bridgehead atoms. The van der Waals surface area contributed by atoms with Crippen LogP contribution in [0, 0.1) is 0 Å². The number of rotatable bonds is 10. The lowest BCUT2D eigenvalue weighted by atomic mass is 10.3. The van der Waals surface area contributed by atoms with Crippen molar-refractivity contribution in [1.29, 1.82) is 0 Å². The minimum absolute atomic E-state index is 0.171. The van der Waals surface area contributed by atoms with Crippen molar-refractivity contribution < 1.29 is 8.42 Å². The summed E-state index contributed by atoms with van der Waals surface area (Å²) in [6.45, 7) is 5.83. The van der Waals surface area contributed by atoms with Crippen molar-refractivity contribution in [2.75, 3.05) is 18.8 Å². The summed E-state index contributed by atoms with van der Waals surface area (Å²) >= 11 is 0. The maximum absolute atomic E-state index is 11.7. The Morgan fingerprint density at radius 3 is 2.68 bits per heavy atom. The molecule has 0 spiro atoms. The van der Waals surface area contributed by atoms with E-state index in [4.69, 9.17) is 0 Å². The Morgan fingerprint density at radius 2 is 2.05 bits per heavy atom. The van der Waals surface area contributed by atoms with Crippen LogP contribution < -0.4 is 10.0 Å². The molecule has 0 unspecified atom stereocenters. The number of unbranched alkanes of at least 4 members (excludes halogenated alkanes) is 1. The van der Waals surface area contributed by atoms with Crippen LogP contribution in [0.5, 0.6) is 0 Å². The van der Waals surface area contributed by atoms with E-state index >= 15 is 0 Å². The quantitative estimate of drug-likeness (QED) is 0.591. The van der Waals surface area contributed by atoms with Crippen LogP contribution in [0.3, 0.4) is 0 Å². The molecule has 1 aromatic heterocycles. The normalized spacial score (nSPS) is 12.2. The summed E-state index contributed by atoms with van der Waals surface area (Å²) in [7, 11) is -3.17. The van der Waals surface area contributed by atoms with Gasteiger partial charge in [0.25, 0.3) is 0 Å². The molecule has 8 heteroatoms. The summed E-state index contributed by atoms with van der Waals surface area (Å²) in [5, 5.41) is 10.7. The van der Waals surface area contributed by atoms with E-state index in [9.17, 15) is 8.42 Å². The average molecular weight is 289 g/mol. The van der Waals surface area contributed by atoms with Gasteiger partial charge in [-0.25, -0.2) is 13.1 Å². The maximum Gasteiger partial charge on any atom is 0.211 e. The third-order valence-corrected chi connectivity index (χ3v) is 4.00. The fourth-order valence-electron chi connectivity index (χ4n) is 1.55. The molecule has 110 valence electrons. The highest BCUT2D eigenvalue weighted by atomic mass is 32.2. The fourth-order valence-corrected chi connectivity index (χ4v) is 2.68. The Morgan fingerprint density at radius 1 is 1.26 bits per heavy atom. The van der Waals surface area contributed by atoms with Gasteiger partial charge in [0.05, 0.1) is 18.5 Å². The minimum atomic E-state index is -3.17. The first kappa shape index (κ1) is 16.1. The van der Waals surface area contributed by atoms with Crippen LogP contribution >= 0.6 is 0 Å². The van der Waals surface area contributed by atoms with Crippen LogP contribution in [0.2, 0.25) is 0 Å². The predicted octanol–water partition coefficient (Wildman–Crippen LogP) is -0.0243. The topological polar surface area (TPSA) is 88.9 Å². The molecule has 0 aromatic carbocycles. The number of sulfonamides is 1. The first-order valence-electron chi connectivity index (χ1n) is 6.54. The smallest absolute Gasteiger partial charge is 0.211 e. The predicted molar refractivity (Wildman–Crippen MR) is 74.2 cm³/mol. The van der Waals surface area contributed by atoms with Gasteiger partial charge in [-0.1, -0.05) is 19.1 Å². The molecule has 0 fully saturated rings. The number of hydrogen-bond donors (Lipinski definition) is 2. The van der Waals surface area contributed by atoms with Gasteiger partial charge in [-0.15, -0.1) is 5.10 Å². The van der Waals surface area contributed by atoms with E-state index in [-0.39, 0.29) is 5.75 Å². The summed E-state index contributed by atoms with van der Waals surface area (Å²) in [5.41, 5.74) is 0. The highest BCUT2D eigenvalue weighted by molar-refractivity contribution is 7.89. The lowest BCUT2D eigenvalue weighted by molar-refractivity contribution is 0.543. The second-order valence-electron chi connectivity index (χ2n) is 4.70. The zero-order valence-electron chi connectivity index (χ0n) is 11.5. The number of hydrogen-bond acceptors (Lipinski definition) is 5. The lowest BCUT2D eigenvalue weighted by Crippen LogP contribution is -2.30. The molecule has 0 radical (unpaired) electrons. The third-order valence-electron chi connectivity index (χ3n) is 2.53. The molecule has 0 saturated heterocycles. The first-order chi connectivity index (χ1) is 8.99. The molecule has 19 heavy (non-hydrogen) atoms. The Hall–Kier alpha value is -0.990. The van der Waals surface area contributed by atoms with E-state index in [2.05, 4.69) is 34.2 Å². The molecule has 2 N–H and O–H groups in total. The van der Waals surface area contributed by atoms with Gasteiger partial charge in [0.1, 0.15) is 0 Å². The molecule has 0 aliphatic heterocycles. The van der Waals surface area contributed by atoms with Gasteiger partial charge in [-0.05, 0) is 19.4 Å². The van der Waals surface area contributed by atoms with Crippen molar-refractivity contribution in [3.05, 3.63) is 12.4 Å². The highest BCUT2D eigenvalue weighted by Crippen LogP contribution is 1.94. The fraction of sp³-hybridized carbons (Fsp3) is 0.818. The lowest BCUT2D eigenvalue weighted by Gasteiger charge is -2.08. The minimum Gasteiger partial charge on any atom is -0.315 e. The molecule has 1 rings (SSSR count). The van der Waals surface area contributed by atoms with Crippen LogP contribution in [0.1, 0.15) is 26.7 Å². The van der Waals surface area contributed by atoms with Crippen LogP contribution in [0.25, 0.3) is 0 Å². The second kappa shape index (κ2) is 8.23. The van der Waals surface area contributed by atoms with Crippen LogP contribution in [0.15, 0.2) is 12.4 Å². The molecule has 0 atom stereocenters. The number of aromatic nitrogens is 3. The van der Waals surface area contributed by atoms with Gasteiger partial charge < -0.3 is 5.32 Å². The third kappa shape index (κ3) is 7.91. The van der Waals surface area contributed by atoms with Crippen LogP contribution in [-0.4, -0.2) is 48.3 Å². The van der Waals surface area contributed by atoms with E-state index in [1.54, 1.807) is 17.1 Å². The average Bonchev–Trinajstić information content (AvgIpc) is 2.80. The molecule has 0 amide bonds. The maximum atomic E-state index is 11.7. The summed E-state index contributed by atoms with van der Waals surface area (Å²) in [6.07, 6.45) is 4.79. The largest absolute Gasteiger partial charge is 0.315 e. The van der Waals surface area contributed by atoms with E-state index in [0.29, 0.717) is 25.6 Å². The Bertz CT molecular complexity index is 430. The number of nitrogens with one attached hydrogen (secondary N) is 2. The SMILES string of the molecule is CC(C)NCCCCS(=O)(=O)NCCn1ccnn1. The van der Waals surface area contributed by atoms with Gasteiger partial charge >= 0.3 is 0 Å². The molecule has 0 aliphatic carbocycles. The Kier molecular flexibility index (Phi) is 6.96. The molecule has 7 nitrogen and oxygen atoms in total. The van der Waals surface area contributed by atoms with Crippen molar-refractivity contribution in [3.8, 4) is 0 Å². The van der Waals surface area contributed by atoms with Gasteiger partial charge in [0.15, 0.2) is 0 Å².